The molecule has 1 fully saturated rings. The van der Waals surface area contributed by atoms with E-state index in [2.05, 4.69) is 45.3 Å². The van der Waals surface area contributed by atoms with Crippen LogP contribution in [0.5, 0.6) is 0 Å². The van der Waals surface area contributed by atoms with Gasteiger partial charge in [0.25, 0.3) is 5.56 Å². The topological polar surface area (TPSA) is 88.9 Å². The van der Waals surface area contributed by atoms with Crippen molar-refractivity contribution in [3.8, 4) is 0 Å². The van der Waals surface area contributed by atoms with Crippen molar-refractivity contribution in [2.24, 2.45) is 0 Å². The summed E-state index contributed by atoms with van der Waals surface area (Å²) in [5.41, 5.74) is 3.57. The van der Waals surface area contributed by atoms with Gasteiger partial charge in [-0.3, -0.25) is 9.69 Å². The van der Waals surface area contributed by atoms with Crippen molar-refractivity contribution >= 4 is 22.5 Å². The maximum atomic E-state index is 13.1. The van der Waals surface area contributed by atoms with Gasteiger partial charge in [-0.2, -0.15) is 0 Å². The Kier molecular flexibility index (Phi) is 7.46. The van der Waals surface area contributed by atoms with Gasteiger partial charge in [-0.25, -0.2) is 4.68 Å². The zero-order chi connectivity index (χ0) is 25.1. The number of rotatable bonds is 9. The largest absolute Gasteiger partial charge is 0.376 e. The number of nitrogens with one attached hydrogen (secondary N) is 1. The van der Waals surface area contributed by atoms with E-state index in [0.717, 1.165) is 53.7 Å². The maximum absolute atomic E-state index is 13.1. The lowest BCUT2D eigenvalue weighted by atomic mass is 10.1. The highest BCUT2D eigenvalue weighted by Gasteiger charge is 2.28. The van der Waals surface area contributed by atoms with Crippen LogP contribution in [0.4, 0.5) is 0 Å². The van der Waals surface area contributed by atoms with E-state index in [1.807, 2.05) is 47.1 Å². The molecule has 4 aromatic rings. The highest BCUT2D eigenvalue weighted by Crippen LogP contribution is 2.29. The van der Waals surface area contributed by atoms with E-state index >= 15 is 0 Å². The molecule has 1 N–H and O–H groups in total. The molecule has 188 valence electrons. The Labute approximate surface area is 215 Å². The second-order valence-electron chi connectivity index (χ2n) is 9.49. The van der Waals surface area contributed by atoms with Gasteiger partial charge >= 0.3 is 0 Å². The van der Waals surface area contributed by atoms with E-state index in [4.69, 9.17) is 16.3 Å². The van der Waals surface area contributed by atoms with Gasteiger partial charge in [0.1, 0.15) is 0 Å². The Morgan fingerprint density at radius 2 is 2.03 bits per heavy atom. The summed E-state index contributed by atoms with van der Waals surface area (Å²) in [5.74, 6) is 0.771. The van der Waals surface area contributed by atoms with Crippen LogP contribution in [0, 0.1) is 6.92 Å². The molecule has 0 radical (unpaired) electrons. The number of benzene rings is 2. The lowest BCUT2D eigenvalue weighted by molar-refractivity contribution is 0.0888. The predicted octanol–water partition coefficient (Wildman–Crippen LogP) is 4.81. The van der Waals surface area contributed by atoms with Crippen LogP contribution >= 0.6 is 11.6 Å². The van der Waals surface area contributed by atoms with Crippen LogP contribution in [-0.4, -0.2) is 42.8 Å². The third-order valence-electron chi connectivity index (χ3n) is 6.87. The summed E-state index contributed by atoms with van der Waals surface area (Å²) in [6.45, 7) is 6.54. The summed E-state index contributed by atoms with van der Waals surface area (Å²) in [6, 6.07) is 15.7. The van der Waals surface area contributed by atoms with Crippen molar-refractivity contribution in [3.05, 3.63) is 86.4 Å². The number of halogens is 1. The molecule has 0 bridgehead atoms. The second kappa shape index (κ2) is 10.9. The SMILES string of the molecule is CCC(c1nnnn1CC1CCCO1)N(Cc1ccccc1Cl)Cc1cc2cc(C)ccc2[nH]c1=O. The van der Waals surface area contributed by atoms with Crippen molar-refractivity contribution in [3.63, 3.8) is 0 Å². The molecule has 1 saturated heterocycles. The Bertz CT molecular complexity index is 1390. The number of hydrogen-bond acceptors (Lipinski definition) is 6. The molecule has 0 aliphatic carbocycles. The van der Waals surface area contributed by atoms with E-state index in [1.54, 1.807) is 0 Å². The average Bonchev–Trinajstić information content (AvgIpc) is 3.55. The van der Waals surface area contributed by atoms with Crippen molar-refractivity contribution < 1.29 is 4.74 Å². The van der Waals surface area contributed by atoms with Crippen LogP contribution < -0.4 is 5.56 Å². The number of fused-ring (bicyclic) bond motifs is 1. The van der Waals surface area contributed by atoms with Gasteiger partial charge in [0.05, 0.1) is 18.7 Å². The number of pyridine rings is 1. The van der Waals surface area contributed by atoms with Gasteiger partial charge in [-0.05, 0) is 71.8 Å². The number of nitrogens with zero attached hydrogens (tertiary/aromatic N) is 5. The van der Waals surface area contributed by atoms with E-state index in [1.165, 1.54) is 0 Å². The van der Waals surface area contributed by atoms with Crippen LogP contribution in [-0.2, 0) is 24.4 Å². The number of aromatic nitrogens is 5. The summed E-state index contributed by atoms with van der Waals surface area (Å²) < 4.78 is 7.69. The molecule has 1 aliphatic rings. The van der Waals surface area contributed by atoms with Gasteiger partial charge < -0.3 is 9.72 Å². The van der Waals surface area contributed by atoms with E-state index < -0.39 is 0 Å². The number of hydrogen-bond donors (Lipinski definition) is 1. The standard InChI is InChI=1S/C27H31ClN6O2/c1-3-25(26-30-31-32-34(26)17-22-8-6-12-36-22)33(15-19-7-4-5-9-23(19)28)16-21-14-20-13-18(2)10-11-24(20)29-27(21)35/h4-5,7,9-11,13-14,22,25H,3,6,8,12,15-17H2,1-2H3,(H,29,35). The molecule has 5 rings (SSSR count). The number of aromatic amines is 1. The van der Waals surface area contributed by atoms with E-state index in [9.17, 15) is 4.79 Å². The summed E-state index contributed by atoms with van der Waals surface area (Å²) in [5, 5.41) is 14.4. The zero-order valence-corrected chi connectivity index (χ0v) is 21.4. The highest BCUT2D eigenvalue weighted by atomic mass is 35.5. The number of tetrazole rings is 1. The average molecular weight is 507 g/mol. The fourth-order valence-electron chi connectivity index (χ4n) is 4.99. The molecular formula is C27H31ClN6O2. The fourth-order valence-corrected chi connectivity index (χ4v) is 5.19. The first-order chi connectivity index (χ1) is 17.5. The molecule has 2 unspecified atom stereocenters. The first-order valence-corrected chi connectivity index (χ1v) is 12.9. The quantitative estimate of drug-likeness (QED) is 0.350. The summed E-state index contributed by atoms with van der Waals surface area (Å²) in [6.07, 6.45) is 2.95. The highest BCUT2D eigenvalue weighted by molar-refractivity contribution is 6.31. The molecule has 2 aromatic carbocycles. The maximum Gasteiger partial charge on any atom is 0.252 e. The molecule has 0 spiro atoms. The van der Waals surface area contributed by atoms with Crippen LogP contribution in [0.3, 0.4) is 0 Å². The van der Waals surface area contributed by atoms with Crippen LogP contribution in [0.2, 0.25) is 5.02 Å². The van der Waals surface area contributed by atoms with Crippen molar-refractivity contribution in [2.45, 2.75) is 64.9 Å². The molecule has 3 heterocycles. The van der Waals surface area contributed by atoms with E-state index in [-0.39, 0.29) is 17.7 Å². The second-order valence-corrected chi connectivity index (χ2v) is 9.90. The predicted molar refractivity (Wildman–Crippen MR) is 140 cm³/mol. The minimum atomic E-state index is -0.120. The van der Waals surface area contributed by atoms with Crippen molar-refractivity contribution in [1.29, 1.82) is 0 Å². The van der Waals surface area contributed by atoms with Gasteiger partial charge in [-0.15, -0.1) is 5.10 Å². The lowest BCUT2D eigenvalue weighted by Crippen LogP contribution is -2.33. The Morgan fingerprint density at radius 1 is 1.19 bits per heavy atom. The van der Waals surface area contributed by atoms with Crippen molar-refractivity contribution in [1.82, 2.24) is 30.1 Å². The van der Waals surface area contributed by atoms with Gasteiger partial charge in [0.2, 0.25) is 0 Å². The number of aryl methyl sites for hydroxylation is 1. The molecule has 2 atom stereocenters. The molecule has 36 heavy (non-hydrogen) atoms. The zero-order valence-electron chi connectivity index (χ0n) is 20.7. The lowest BCUT2D eigenvalue weighted by Gasteiger charge is -2.30. The van der Waals surface area contributed by atoms with Crippen LogP contribution in [0.1, 0.15) is 54.7 Å². The molecule has 0 saturated carbocycles. The first-order valence-electron chi connectivity index (χ1n) is 12.5. The van der Waals surface area contributed by atoms with Crippen LogP contribution in [0.25, 0.3) is 10.9 Å². The van der Waals surface area contributed by atoms with Crippen LogP contribution in [0.15, 0.2) is 53.3 Å². The third-order valence-corrected chi connectivity index (χ3v) is 7.24. The monoisotopic (exact) mass is 506 g/mol. The summed E-state index contributed by atoms with van der Waals surface area (Å²) >= 11 is 6.56. The Balaban J connectivity index is 1.52. The smallest absolute Gasteiger partial charge is 0.252 e. The molecule has 8 nitrogen and oxygen atoms in total. The summed E-state index contributed by atoms with van der Waals surface area (Å²) in [7, 11) is 0. The van der Waals surface area contributed by atoms with Gasteiger partial charge in [-0.1, -0.05) is 48.4 Å². The molecular weight excluding hydrogens is 476 g/mol. The summed E-state index contributed by atoms with van der Waals surface area (Å²) in [4.78, 5) is 18.4. The molecule has 0 amide bonds. The Hall–Kier alpha value is -3.07. The molecule has 9 heteroatoms. The first kappa shape index (κ1) is 24.6. The van der Waals surface area contributed by atoms with Gasteiger partial charge in [0, 0.05) is 35.8 Å². The third kappa shape index (κ3) is 5.36. The molecule has 1 aliphatic heterocycles. The minimum Gasteiger partial charge on any atom is -0.376 e. The minimum absolute atomic E-state index is 0.0932. The molecule has 2 aromatic heterocycles. The van der Waals surface area contributed by atoms with Crippen molar-refractivity contribution in [2.75, 3.05) is 6.61 Å². The fraction of sp³-hybridized carbons (Fsp3) is 0.407. The van der Waals surface area contributed by atoms with E-state index in [0.29, 0.717) is 30.2 Å². The number of H-pyrrole nitrogens is 1. The Morgan fingerprint density at radius 3 is 2.81 bits per heavy atom. The van der Waals surface area contributed by atoms with Gasteiger partial charge in [0.15, 0.2) is 5.82 Å². The normalized spacial score (nSPS) is 16.7. The number of ether oxygens (including phenoxy) is 1.